The van der Waals surface area contributed by atoms with Crippen molar-refractivity contribution < 1.29 is 13.7 Å². The maximum absolute atomic E-state index is 13.3. The zero-order valence-electron chi connectivity index (χ0n) is 15.5. The van der Waals surface area contributed by atoms with Gasteiger partial charge in [0.25, 0.3) is 0 Å². The van der Waals surface area contributed by atoms with Gasteiger partial charge in [0, 0.05) is 18.5 Å². The van der Waals surface area contributed by atoms with Crippen LogP contribution in [-0.4, -0.2) is 22.6 Å². The Kier molecular flexibility index (Phi) is 4.89. The number of carbonyl (C=O) groups is 1. The second-order valence-corrected chi connectivity index (χ2v) is 7.64. The molecule has 1 aliphatic rings. The zero-order valence-corrected chi connectivity index (χ0v) is 16.3. The summed E-state index contributed by atoms with van der Waals surface area (Å²) in [6.07, 6.45) is 0.238. The van der Waals surface area contributed by atoms with Crippen molar-refractivity contribution in [1.29, 1.82) is 0 Å². The van der Waals surface area contributed by atoms with Crippen molar-refractivity contribution in [3.05, 3.63) is 64.8 Å². The normalized spacial score (nSPS) is 17.0. The van der Waals surface area contributed by atoms with E-state index in [4.69, 9.17) is 16.1 Å². The van der Waals surface area contributed by atoms with E-state index in [9.17, 15) is 9.18 Å². The fourth-order valence-corrected chi connectivity index (χ4v) is 3.61. The van der Waals surface area contributed by atoms with Crippen LogP contribution in [0, 0.1) is 5.82 Å². The lowest BCUT2D eigenvalue weighted by Gasteiger charge is -2.17. The van der Waals surface area contributed by atoms with Crippen molar-refractivity contribution in [2.75, 3.05) is 11.4 Å². The van der Waals surface area contributed by atoms with E-state index in [1.165, 1.54) is 28.7 Å². The molecule has 0 saturated carbocycles. The number of nitrogens with zero attached hydrogens (tertiary/aromatic N) is 3. The molecule has 0 spiro atoms. The first kappa shape index (κ1) is 18.6. The summed E-state index contributed by atoms with van der Waals surface area (Å²) < 4.78 is 18.7. The Hall–Kier alpha value is -2.73. The van der Waals surface area contributed by atoms with Crippen LogP contribution in [0.1, 0.15) is 43.6 Å². The van der Waals surface area contributed by atoms with E-state index in [0.717, 1.165) is 5.56 Å². The van der Waals surface area contributed by atoms with Crippen LogP contribution in [0.4, 0.5) is 10.1 Å². The zero-order chi connectivity index (χ0) is 19.8. The fourth-order valence-electron chi connectivity index (χ4n) is 3.34. The highest BCUT2D eigenvalue weighted by atomic mass is 35.5. The molecular weight excluding hydrogens is 381 g/mol. The number of amides is 1. The molecule has 1 saturated heterocycles. The van der Waals surface area contributed by atoms with Gasteiger partial charge in [-0.2, -0.15) is 4.98 Å². The Morgan fingerprint density at radius 2 is 1.96 bits per heavy atom. The number of hydrogen-bond donors (Lipinski definition) is 0. The number of anilines is 1. The monoisotopic (exact) mass is 399 g/mol. The first-order chi connectivity index (χ1) is 13.4. The lowest BCUT2D eigenvalue weighted by molar-refractivity contribution is -0.117. The van der Waals surface area contributed by atoms with Gasteiger partial charge in [-0.3, -0.25) is 4.79 Å². The molecule has 1 unspecified atom stereocenters. The van der Waals surface area contributed by atoms with Gasteiger partial charge in [0.15, 0.2) is 0 Å². The summed E-state index contributed by atoms with van der Waals surface area (Å²) in [6.45, 7) is 4.63. The van der Waals surface area contributed by atoms with Gasteiger partial charge in [0.2, 0.25) is 17.6 Å². The number of aromatic nitrogens is 2. The van der Waals surface area contributed by atoms with Crippen molar-refractivity contribution in [3.8, 4) is 11.4 Å². The molecule has 0 N–H and O–H groups in total. The van der Waals surface area contributed by atoms with Gasteiger partial charge in [0.05, 0.1) is 16.6 Å². The third-order valence-electron chi connectivity index (χ3n) is 4.95. The SMILES string of the molecule is CC(C)c1ccc(-c2noc(C3CC(=O)N(c4ccc(F)cc4Cl)C3)n2)cc1. The Labute approximate surface area is 167 Å². The number of carbonyl (C=O) groups excluding carboxylic acids is 1. The Morgan fingerprint density at radius 1 is 1.21 bits per heavy atom. The minimum Gasteiger partial charge on any atom is -0.339 e. The van der Waals surface area contributed by atoms with Crippen LogP contribution in [0.15, 0.2) is 47.0 Å². The van der Waals surface area contributed by atoms with Gasteiger partial charge >= 0.3 is 0 Å². The topological polar surface area (TPSA) is 59.2 Å². The highest BCUT2D eigenvalue weighted by Crippen LogP contribution is 2.35. The number of hydrogen-bond acceptors (Lipinski definition) is 4. The molecule has 0 aliphatic carbocycles. The molecule has 1 aromatic heterocycles. The summed E-state index contributed by atoms with van der Waals surface area (Å²) in [5.74, 6) is 0.572. The largest absolute Gasteiger partial charge is 0.339 e. The van der Waals surface area contributed by atoms with Gasteiger partial charge in [-0.15, -0.1) is 0 Å². The van der Waals surface area contributed by atoms with Crippen LogP contribution in [0.2, 0.25) is 5.02 Å². The minimum atomic E-state index is -0.443. The molecule has 2 aromatic carbocycles. The number of halogens is 2. The van der Waals surface area contributed by atoms with Gasteiger partial charge in [-0.25, -0.2) is 4.39 Å². The molecule has 1 fully saturated rings. The van der Waals surface area contributed by atoms with Crippen LogP contribution in [0.3, 0.4) is 0 Å². The molecule has 2 heterocycles. The van der Waals surface area contributed by atoms with E-state index in [1.54, 1.807) is 0 Å². The standard InChI is InChI=1S/C21H19ClFN3O2/c1-12(2)13-3-5-14(6-4-13)20-24-21(28-25-20)15-9-19(27)26(11-15)18-8-7-16(23)10-17(18)22/h3-8,10,12,15H,9,11H2,1-2H3. The van der Waals surface area contributed by atoms with E-state index >= 15 is 0 Å². The quantitative estimate of drug-likeness (QED) is 0.607. The molecule has 4 rings (SSSR count). The van der Waals surface area contributed by atoms with Gasteiger partial charge in [-0.05, 0) is 29.7 Å². The van der Waals surface area contributed by atoms with Crippen LogP contribution in [0.25, 0.3) is 11.4 Å². The highest BCUT2D eigenvalue weighted by molar-refractivity contribution is 6.33. The second kappa shape index (κ2) is 7.36. The highest BCUT2D eigenvalue weighted by Gasteiger charge is 2.36. The van der Waals surface area contributed by atoms with E-state index in [1.807, 2.05) is 24.3 Å². The van der Waals surface area contributed by atoms with Crippen LogP contribution < -0.4 is 4.90 Å². The number of benzene rings is 2. The van der Waals surface area contributed by atoms with E-state index in [0.29, 0.717) is 29.9 Å². The van der Waals surface area contributed by atoms with Crippen LogP contribution in [0.5, 0.6) is 0 Å². The summed E-state index contributed by atoms with van der Waals surface area (Å²) >= 11 is 6.10. The molecule has 5 nitrogen and oxygen atoms in total. The molecule has 1 amide bonds. The molecule has 28 heavy (non-hydrogen) atoms. The third-order valence-corrected chi connectivity index (χ3v) is 5.25. The van der Waals surface area contributed by atoms with Crippen LogP contribution >= 0.6 is 11.6 Å². The van der Waals surface area contributed by atoms with Crippen molar-refractivity contribution in [3.63, 3.8) is 0 Å². The first-order valence-corrected chi connectivity index (χ1v) is 9.49. The van der Waals surface area contributed by atoms with Crippen molar-refractivity contribution in [2.45, 2.75) is 32.1 Å². The molecule has 7 heteroatoms. The Morgan fingerprint density at radius 3 is 2.64 bits per heavy atom. The van der Waals surface area contributed by atoms with E-state index in [2.05, 4.69) is 24.0 Å². The van der Waals surface area contributed by atoms with Gasteiger partial charge < -0.3 is 9.42 Å². The molecule has 3 aromatic rings. The summed E-state index contributed by atoms with van der Waals surface area (Å²) in [7, 11) is 0. The van der Waals surface area contributed by atoms with Crippen molar-refractivity contribution in [1.82, 2.24) is 10.1 Å². The molecule has 1 aliphatic heterocycles. The minimum absolute atomic E-state index is 0.112. The Balaban J connectivity index is 1.54. The smallest absolute Gasteiger partial charge is 0.232 e. The molecule has 144 valence electrons. The summed E-state index contributed by atoms with van der Waals surface area (Å²) in [5.41, 5.74) is 2.59. The number of rotatable bonds is 4. The molecule has 1 atom stereocenters. The van der Waals surface area contributed by atoms with Gasteiger partial charge in [-0.1, -0.05) is 54.9 Å². The van der Waals surface area contributed by atoms with E-state index in [-0.39, 0.29) is 23.3 Å². The average molecular weight is 400 g/mol. The van der Waals surface area contributed by atoms with Gasteiger partial charge in [0.1, 0.15) is 5.82 Å². The van der Waals surface area contributed by atoms with Crippen LogP contribution in [-0.2, 0) is 4.79 Å². The van der Waals surface area contributed by atoms with Crippen molar-refractivity contribution in [2.24, 2.45) is 0 Å². The average Bonchev–Trinajstić information content (AvgIpc) is 3.29. The molecule has 0 radical (unpaired) electrons. The first-order valence-electron chi connectivity index (χ1n) is 9.11. The molecular formula is C21H19ClFN3O2. The van der Waals surface area contributed by atoms with E-state index < -0.39 is 5.82 Å². The lowest BCUT2D eigenvalue weighted by atomic mass is 10.0. The summed E-state index contributed by atoms with van der Waals surface area (Å²) in [5, 5.41) is 4.27. The van der Waals surface area contributed by atoms with Crippen molar-refractivity contribution >= 4 is 23.2 Å². The third kappa shape index (κ3) is 3.52. The fraction of sp³-hybridized carbons (Fsp3) is 0.286. The maximum atomic E-state index is 13.3. The second-order valence-electron chi connectivity index (χ2n) is 7.23. The molecule has 0 bridgehead atoms. The predicted octanol–water partition coefficient (Wildman–Crippen LogP) is 5.17. The predicted molar refractivity (Wildman–Crippen MR) is 105 cm³/mol. The summed E-state index contributed by atoms with van der Waals surface area (Å²) in [4.78, 5) is 18.5. The lowest BCUT2D eigenvalue weighted by Crippen LogP contribution is -2.24. The summed E-state index contributed by atoms with van der Waals surface area (Å²) in [6, 6.07) is 12.0. The maximum Gasteiger partial charge on any atom is 0.232 e. The Bertz CT molecular complexity index is 1020.